The maximum absolute atomic E-state index is 11.0. The molecule has 3 heteroatoms. The van der Waals surface area contributed by atoms with Crippen LogP contribution in [0.5, 0.6) is 0 Å². The summed E-state index contributed by atoms with van der Waals surface area (Å²) in [6.07, 6.45) is 1.72. The van der Waals surface area contributed by atoms with Gasteiger partial charge in [-0.1, -0.05) is 13.8 Å². The molecule has 62 valence electrons. The first-order valence-electron chi connectivity index (χ1n) is 3.82. The third kappa shape index (κ3) is 2.33. The van der Waals surface area contributed by atoms with Crippen LogP contribution in [0, 0.1) is 5.41 Å². The zero-order valence-corrected chi connectivity index (χ0v) is 6.94. The molecule has 0 unspecified atom stereocenters. The van der Waals surface area contributed by atoms with Gasteiger partial charge >= 0.3 is 0 Å². The summed E-state index contributed by atoms with van der Waals surface area (Å²) in [6, 6.07) is 0. The van der Waals surface area contributed by atoms with E-state index in [1.165, 1.54) is 0 Å². The first kappa shape index (κ1) is 8.24. The van der Waals surface area contributed by atoms with Crippen LogP contribution >= 0.6 is 0 Å². The first-order valence-corrected chi connectivity index (χ1v) is 3.82. The molecule has 1 heterocycles. The van der Waals surface area contributed by atoms with Gasteiger partial charge in [-0.25, -0.2) is 0 Å². The van der Waals surface area contributed by atoms with Gasteiger partial charge in [0.25, 0.3) is 0 Å². The maximum Gasteiger partial charge on any atom is 0.227 e. The van der Waals surface area contributed by atoms with Gasteiger partial charge < -0.3 is 0 Å². The van der Waals surface area contributed by atoms with Gasteiger partial charge in [-0.05, 0) is 11.8 Å². The second-order valence-corrected chi connectivity index (χ2v) is 3.81. The molecular weight excluding hydrogens is 142 g/mol. The molecule has 0 bridgehead atoms. The molecule has 1 saturated heterocycles. The van der Waals surface area contributed by atoms with Crippen LogP contribution in [0.2, 0.25) is 0 Å². The van der Waals surface area contributed by atoms with Crippen LogP contribution in [-0.4, -0.2) is 11.8 Å². The number of carbonyl (C=O) groups is 2. The van der Waals surface area contributed by atoms with E-state index in [2.05, 4.69) is 5.32 Å². The first-order chi connectivity index (χ1) is 4.99. The molecule has 1 aliphatic heterocycles. The molecule has 0 aromatic carbocycles. The van der Waals surface area contributed by atoms with Gasteiger partial charge in [0, 0.05) is 12.8 Å². The highest BCUT2D eigenvalue weighted by Crippen LogP contribution is 2.28. The Morgan fingerprint density at radius 2 is 1.91 bits per heavy atom. The van der Waals surface area contributed by atoms with E-state index in [-0.39, 0.29) is 17.2 Å². The van der Waals surface area contributed by atoms with Crippen molar-refractivity contribution in [2.75, 3.05) is 0 Å². The van der Waals surface area contributed by atoms with Crippen molar-refractivity contribution in [2.45, 2.75) is 33.1 Å². The van der Waals surface area contributed by atoms with Crippen molar-refractivity contribution in [3.05, 3.63) is 0 Å². The molecule has 1 aliphatic rings. The Bertz CT molecular complexity index is 196. The fourth-order valence-electron chi connectivity index (χ4n) is 1.24. The maximum atomic E-state index is 11.0. The lowest BCUT2D eigenvalue weighted by atomic mass is 9.85. The number of hydrogen-bond acceptors (Lipinski definition) is 2. The summed E-state index contributed by atoms with van der Waals surface area (Å²) >= 11 is 0. The zero-order valence-electron chi connectivity index (χ0n) is 6.94. The van der Waals surface area contributed by atoms with Crippen molar-refractivity contribution in [1.82, 2.24) is 5.32 Å². The quantitative estimate of drug-likeness (QED) is 0.527. The molecular formula is C8H13NO2. The van der Waals surface area contributed by atoms with Gasteiger partial charge in [0.2, 0.25) is 11.8 Å². The Morgan fingerprint density at radius 3 is 2.55 bits per heavy atom. The van der Waals surface area contributed by atoms with Crippen molar-refractivity contribution >= 4 is 11.8 Å². The highest BCUT2D eigenvalue weighted by atomic mass is 16.2. The minimum absolute atomic E-state index is 0.0176. The van der Waals surface area contributed by atoms with Gasteiger partial charge in [0.05, 0.1) is 0 Å². The van der Waals surface area contributed by atoms with Gasteiger partial charge in [-0.3, -0.25) is 14.9 Å². The van der Waals surface area contributed by atoms with Crippen LogP contribution < -0.4 is 5.32 Å². The second-order valence-electron chi connectivity index (χ2n) is 3.81. The van der Waals surface area contributed by atoms with E-state index in [1.807, 2.05) is 13.8 Å². The lowest BCUT2D eigenvalue weighted by molar-refractivity contribution is -0.129. The van der Waals surface area contributed by atoms with Crippen LogP contribution in [-0.2, 0) is 9.59 Å². The molecule has 11 heavy (non-hydrogen) atoms. The van der Waals surface area contributed by atoms with Crippen LogP contribution in [0.15, 0.2) is 0 Å². The van der Waals surface area contributed by atoms with Crippen LogP contribution in [0.1, 0.15) is 33.1 Å². The standard InChI is InChI=1S/C8H13NO2/c1-8(2)4-3-6(10)9-7(11)5-8/h3-5H2,1-2H3,(H,9,10,11). The molecule has 0 radical (unpaired) electrons. The Labute approximate surface area is 66.2 Å². The van der Waals surface area contributed by atoms with Gasteiger partial charge in [0.1, 0.15) is 0 Å². The number of rotatable bonds is 0. The summed E-state index contributed by atoms with van der Waals surface area (Å²) < 4.78 is 0. The largest absolute Gasteiger partial charge is 0.296 e. The average Bonchev–Trinajstić information content (AvgIpc) is 1.90. The van der Waals surface area contributed by atoms with E-state index < -0.39 is 0 Å². The van der Waals surface area contributed by atoms with E-state index in [0.717, 1.165) is 6.42 Å². The molecule has 2 amide bonds. The van der Waals surface area contributed by atoms with Crippen LogP contribution in [0.3, 0.4) is 0 Å². The fraction of sp³-hybridized carbons (Fsp3) is 0.750. The summed E-state index contributed by atoms with van der Waals surface area (Å²) in [7, 11) is 0. The van der Waals surface area contributed by atoms with Crippen molar-refractivity contribution < 1.29 is 9.59 Å². The minimum atomic E-state index is -0.141. The highest BCUT2D eigenvalue weighted by Gasteiger charge is 2.27. The number of imide groups is 1. The minimum Gasteiger partial charge on any atom is -0.296 e. The van der Waals surface area contributed by atoms with Crippen molar-refractivity contribution in [2.24, 2.45) is 5.41 Å². The van der Waals surface area contributed by atoms with E-state index in [1.54, 1.807) is 0 Å². The monoisotopic (exact) mass is 155 g/mol. The van der Waals surface area contributed by atoms with E-state index in [9.17, 15) is 9.59 Å². The SMILES string of the molecule is CC1(C)CCC(=O)NC(=O)C1. The molecule has 0 saturated carbocycles. The molecule has 3 nitrogen and oxygen atoms in total. The highest BCUT2D eigenvalue weighted by molar-refractivity contribution is 5.96. The predicted octanol–water partition coefficient (Wildman–Crippen LogP) is 0.839. The molecule has 1 rings (SSSR count). The summed E-state index contributed by atoms with van der Waals surface area (Å²) in [4.78, 5) is 21.8. The third-order valence-electron chi connectivity index (χ3n) is 1.95. The van der Waals surface area contributed by atoms with Gasteiger partial charge in [-0.15, -0.1) is 0 Å². The Morgan fingerprint density at radius 1 is 1.27 bits per heavy atom. The number of carbonyl (C=O) groups excluding carboxylic acids is 2. The number of nitrogens with one attached hydrogen (secondary N) is 1. The number of hydrogen-bond donors (Lipinski definition) is 1. The second kappa shape index (κ2) is 2.64. The van der Waals surface area contributed by atoms with Crippen molar-refractivity contribution in [1.29, 1.82) is 0 Å². The molecule has 0 aromatic rings. The van der Waals surface area contributed by atoms with Crippen LogP contribution in [0.25, 0.3) is 0 Å². The molecule has 0 aromatic heterocycles. The lowest BCUT2D eigenvalue weighted by Crippen LogP contribution is -2.28. The van der Waals surface area contributed by atoms with E-state index in [0.29, 0.717) is 12.8 Å². The molecule has 1 N–H and O–H groups in total. The fourth-order valence-corrected chi connectivity index (χ4v) is 1.24. The number of amides is 2. The predicted molar refractivity (Wildman–Crippen MR) is 40.8 cm³/mol. The summed E-state index contributed by atoms with van der Waals surface area (Å²) in [5, 5.41) is 2.32. The van der Waals surface area contributed by atoms with E-state index >= 15 is 0 Å². The Kier molecular flexibility index (Phi) is 1.98. The Balaban J connectivity index is 2.68. The van der Waals surface area contributed by atoms with Gasteiger partial charge in [0.15, 0.2) is 0 Å². The topological polar surface area (TPSA) is 46.2 Å². The molecule has 0 aliphatic carbocycles. The smallest absolute Gasteiger partial charge is 0.227 e. The Hall–Kier alpha value is -0.860. The summed E-state index contributed by atoms with van der Waals surface area (Å²) in [5.74, 6) is -0.280. The lowest BCUT2D eigenvalue weighted by Gasteiger charge is -2.18. The average molecular weight is 155 g/mol. The van der Waals surface area contributed by atoms with Crippen molar-refractivity contribution in [3.8, 4) is 0 Å². The molecule has 1 fully saturated rings. The molecule has 0 spiro atoms. The third-order valence-corrected chi connectivity index (χ3v) is 1.95. The zero-order chi connectivity index (χ0) is 8.48. The van der Waals surface area contributed by atoms with E-state index in [4.69, 9.17) is 0 Å². The van der Waals surface area contributed by atoms with Crippen LogP contribution in [0.4, 0.5) is 0 Å². The van der Waals surface area contributed by atoms with Gasteiger partial charge in [-0.2, -0.15) is 0 Å². The molecule has 0 atom stereocenters. The van der Waals surface area contributed by atoms with Crippen molar-refractivity contribution in [3.63, 3.8) is 0 Å². The summed E-state index contributed by atoms with van der Waals surface area (Å²) in [5.41, 5.74) is -0.0176. The summed E-state index contributed by atoms with van der Waals surface area (Å²) in [6.45, 7) is 4.01. The normalized spacial score (nSPS) is 24.2.